The van der Waals surface area contributed by atoms with Crippen LogP contribution >= 0.6 is 0 Å². The third-order valence-electron chi connectivity index (χ3n) is 2.32. The van der Waals surface area contributed by atoms with Crippen LogP contribution in [0.25, 0.3) is 0 Å². The molecule has 0 radical (unpaired) electrons. The van der Waals surface area contributed by atoms with Crippen LogP contribution in [-0.4, -0.2) is 38.6 Å². The summed E-state index contributed by atoms with van der Waals surface area (Å²) in [7, 11) is 1.55. The van der Waals surface area contributed by atoms with E-state index < -0.39 is 0 Å². The molecule has 2 N–H and O–H groups in total. The number of aryl methyl sites for hydroxylation is 2. The summed E-state index contributed by atoms with van der Waals surface area (Å²) < 4.78 is 10.0. The molecule has 1 heterocycles. The molecular formula is C12H18N2O4. The number of hydrogen-bond donors (Lipinski definition) is 2. The predicted molar refractivity (Wildman–Crippen MR) is 65.4 cm³/mol. The molecule has 0 aromatic carbocycles. The highest BCUT2D eigenvalue weighted by Gasteiger charge is 2.13. The van der Waals surface area contributed by atoms with Gasteiger partial charge in [0.05, 0.1) is 18.7 Å². The molecule has 6 heteroatoms. The lowest BCUT2D eigenvalue weighted by molar-refractivity contribution is -0.120. The van der Waals surface area contributed by atoms with Crippen molar-refractivity contribution < 1.29 is 18.7 Å². The van der Waals surface area contributed by atoms with Crippen LogP contribution in [0.3, 0.4) is 0 Å². The zero-order chi connectivity index (χ0) is 13.5. The Bertz CT molecular complexity index is 426. The largest absolute Gasteiger partial charge is 0.466 e. The van der Waals surface area contributed by atoms with E-state index in [4.69, 9.17) is 9.15 Å². The van der Waals surface area contributed by atoms with Crippen LogP contribution < -0.4 is 10.6 Å². The van der Waals surface area contributed by atoms with Gasteiger partial charge >= 0.3 is 0 Å². The Morgan fingerprint density at radius 3 is 2.61 bits per heavy atom. The first-order valence-electron chi connectivity index (χ1n) is 5.65. The fraction of sp³-hybridized carbons (Fsp3) is 0.500. The van der Waals surface area contributed by atoms with Crippen LogP contribution in [0.15, 0.2) is 10.5 Å². The number of furan rings is 1. The quantitative estimate of drug-likeness (QED) is 0.720. The van der Waals surface area contributed by atoms with Gasteiger partial charge in [-0.15, -0.1) is 0 Å². The fourth-order valence-electron chi connectivity index (χ4n) is 1.47. The average molecular weight is 254 g/mol. The maximum atomic E-state index is 11.7. The maximum Gasteiger partial charge on any atom is 0.255 e. The van der Waals surface area contributed by atoms with Crippen molar-refractivity contribution >= 4 is 11.8 Å². The molecule has 0 aliphatic heterocycles. The third-order valence-corrected chi connectivity index (χ3v) is 2.32. The van der Waals surface area contributed by atoms with Crippen molar-refractivity contribution in [3.05, 3.63) is 23.2 Å². The van der Waals surface area contributed by atoms with Gasteiger partial charge in [0, 0.05) is 13.7 Å². The summed E-state index contributed by atoms with van der Waals surface area (Å²) in [5.74, 6) is 0.650. The molecule has 100 valence electrons. The lowest BCUT2D eigenvalue weighted by atomic mass is 10.2. The summed E-state index contributed by atoms with van der Waals surface area (Å²) in [6.07, 6.45) is 0. The highest BCUT2D eigenvalue weighted by molar-refractivity contribution is 5.97. The van der Waals surface area contributed by atoms with Gasteiger partial charge in [-0.3, -0.25) is 9.59 Å². The van der Waals surface area contributed by atoms with Gasteiger partial charge in [0.25, 0.3) is 5.91 Å². The molecule has 0 atom stereocenters. The van der Waals surface area contributed by atoms with E-state index in [1.54, 1.807) is 27.0 Å². The Kier molecular flexibility index (Phi) is 5.38. The van der Waals surface area contributed by atoms with Crippen molar-refractivity contribution in [3.63, 3.8) is 0 Å². The second kappa shape index (κ2) is 6.80. The number of rotatable bonds is 6. The Morgan fingerprint density at radius 1 is 1.33 bits per heavy atom. The molecule has 0 aliphatic rings. The number of amides is 2. The first-order chi connectivity index (χ1) is 8.54. The van der Waals surface area contributed by atoms with Crippen LogP contribution in [0.1, 0.15) is 21.9 Å². The summed E-state index contributed by atoms with van der Waals surface area (Å²) in [6.45, 7) is 4.28. The van der Waals surface area contributed by atoms with Crippen LogP contribution in [0.4, 0.5) is 0 Å². The lowest BCUT2D eigenvalue weighted by Crippen LogP contribution is -2.38. The van der Waals surface area contributed by atoms with Crippen molar-refractivity contribution in [2.75, 3.05) is 26.8 Å². The molecule has 1 aromatic rings. The molecule has 0 fully saturated rings. The smallest absolute Gasteiger partial charge is 0.255 e. The number of hydrogen-bond acceptors (Lipinski definition) is 4. The van der Waals surface area contributed by atoms with Crippen LogP contribution in [0.2, 0.25) is 0 Å². The molecule has 6 nitrogen and oxygen atoms in total. The Hall–Kier alpha value is -1.82. The van der Waals surface area contributed by atoms with E-state index in [0.717, 1.165) is 0 Å². The summed E-state index contributed by atoms with van der Waals surface area (Å²) in [6, 6.07) is 1.65. The fourth-order valence-corrected chi connectivity index (χ4v) is 1.47. The van der Waals surface area contributed by atoms with Crippen LogP contribution in [0.5, 0.6) is 0 Å². The minimum Gasteiger partial charge on any atom is -0.466 e. The molecule has 1 aromatic heterocycles. The van der Waals surface area contributed by atoms with E-state index in [1.807, 2.05) is 0 Å². The second-order valence-corrected chi connectivity index (χ2v) is 3.85. The summed E-state index contributed by atoms with van der Waals surface area (Å²) in [5, 5.41) is 5.14. The molecule has 0 unspecified atom stereocenters. The standard InChI is InChI=1S/C12H18N2O4/c1-8-6-10(9(2)18-8)12(16)14-7-11(15)13-4-5-17-3/h6H,4-5,7H2,1-3H3,(H,13,15)(H,14,16). The maximum absolute atomic E-state index is 11.7. The number of nitrogens with one attached hydrogen (secondary N) is 2. The number of ether oxygens (including phenoxy) is 1. The average Bonchev–Trinajstić information content (AvgIpc) is 2.66. The highest BCUT2D eigenvalue weighted by Crippen LogP contribution is 2.12. The number of carbonyl (C=O) groups is 2. The van der Waals surface area contributed by atoms with E-state index in [0.29, 0.717) is 30.2 Å². The molecule has 0 bridgehead atoms. The number of carbonyl (C=O) groups excluding carboxylic acids is 2. The van der Waals surface area contributed by atoms with Crippen LogP contribution in [0, 0.1) is 13.8 Å². The zero-order valence-electron chi connectivity index (χ0n) is 10.8. The third kappa shape index (κ3) is 4.21. The van der Waals surface area contributed by atoms with Gasteiger partial charge < -0.3 is 19.8 Å². The first kappa shape index (κ1) is 14.2. The normalized spacial score (nSPS) is 10.2. The van der Waals surface area contributed by atoms with Crippen molar-refractivity contribution in [3.8, 4) is 0 Å². The van der Waals surface area contributed by atoms with Gasteiger partial charge in [0.15, 0.2) is 0 Å². The summed E-state index contributed by atoms with van der Waals surface area (Å²) >= 11 is 0. The Morgan fingerprint density at radius 2 is 2.06 bits per heavy atom. The summed E-state index contributed by atoms with van der Waals surface area (Å²) in [5.41, 5.74) is 0.456. The minimum atomic E-state index is -0.314. The molecule has 18 heavy (non-hydrogen) atoms. The van der Waals surface area contributed by atoms with Crippen molar-refractivity contribution in [1.29, 1.82) is 0 Å². The van der Waals surface area contributed by atoms with Crippen LogP contribution in [-0.2, 0) is 9.53 Å². The van der Waals surface area contributed by atoms with Crippen molar-refractivity contribution in [2.45, 2.75) is 13.8 Å². The molecular weight excluding hydrogens is 236 g/mol. The zero-order valence-corrected chi connectivity index (χ0v) is 10.8. The molecule has 0 saturated carbocycles. The highest BCUT2D eigenvalue weighted by atomic mass is 16.5. The van der Waals surface area contributed by atoms with Gasteiger partial charge in [-0.1, -0.05) is 0 Å². The second-order valence-electron chi connectivity index (χ2n) is 3.85. The molecule has 0 aliphatic carbocycles. The van der Waals surface area contributed by atoms with Crippen molar-refractivity contribution in [2.24, 2.45) is 0 Å². The van der Waals surface area contributed by atoms with E-state index >= 15 is 0 Å². The van der Waals surface area contributed by atoms with Gasteiger partial charge in [-0.05, 0) is 19.9 Å². The molecule has 1 rings (SSSR count). The van der Waals surface area contributed by atoms with E-state index in [1.165, 1.54) is 0 Å². The van der Waals surface area contributed by atoms with Gasteiger partial charge in [0.1, 0.15) is 11.5 Å². The Balaban J connectivity index is 2.37. The summed E-state index contributed by atoms with van der Waals surface area (Å²) in [4.78, 5) is 23.1. The first-order valence-corrected chi connectivity index (χ1v) is 5.65. The van der Waals surface area contributed by atoms with Crippen molar-refractivity contribution in [1.82, 2.24) is 10.6 Å². The van der Waals surface area contributed by atoms with E-state index in [9.17, 15) is 9.59 Å². The molecule has 0 spiro atoms. The molecule has 0 saturated heterocycles. The van der Waals surface area contributed by atoms with E-state index in [2.05, 4.69) is 10.6 Å². The molecule has 2 amide bonds. The monoisotopic (exact) mass is 254 g/mol. The van der Waals surface area contributed by atoms with Gasteiger partial charge in [-0.25, -0.2) is 0 Å². The predicted octanol–water partition coefficient (Wildman–Crippen LogP) is 0.389. The van der Waals surface area contributed by atoms with Gasteiger partial charge in [-0.2, -0.15) is 0 Å². The van der Waals surface area contributed by atoms with Gasteiger partial charge in [0.2, 0.25) is 5.91 Å². The number of methoxy groups -OCH3 is 1. The SMILES string of the molecule is COCCNC(=O)CNC(=O)c1cc(C)oc1C. The topological polar surface area (TPSA) is 80.6 Å². The minimum absolute atomic E-state index is 0.0633. The lowest BCUT2D eigenvalue weighted by Gasteiger charge is -2.05. The van der Waals surface area contributed by atoms with E-state index in [-0.39, 0.29) is 18.4 Å². The Labute approximate surface area is 106 Å².